The Balaban J connectivity index is 1.75. The summed E-state index contributed by atoms with van der Waals surface area (Å²) >= 11 is 0. The summed E-state index contributed by atoms with van der Waals surface area (Å²) in [5.41, 5.74) is 1.02. The second-order valence-corrected chi connectivity index (χ2v) is 4.74. The van der Waals surface area contributed by atoms with Gasteiger partial charge in [-0.2, -0.15) is 0 Å². The number of aromatic nitrogens is 3. The summed E-state index contributed by atoms with van der Waals surface area (Å²) in [5, 5.41) is 6.33. The van der Waals surface area contributed by atoms with Crippen molar-refractivity contribution in [3.8, 4) is 0 Å². The molecule has 2 aromatic rings. The van der Waals surface area contributed by atoms with Crippen LogP contribution in [0.25, 0.3) is 0 Å². The number of hydrogen-bond donors (Lipinski definition) is 1. The van der Waals surface area contributed by atoms with Crippen molar-refractivity contribution in [3.63, 3.8) is 0 Å². The van der Waals surface area contributed by atoms with Crippen LogP contribution in [0.4, 0.5) is 11.7 Å². The Morgan fingerprint density at radius 1 is 1.30 bits per heavy atom. The van der Waals surface area contributed by atoms with Crippen LogP contribution in [0.1, 0.15) is 29.0 Å². The van der Waals surface area contributed by atoms with E-state index in [0.717, 1.165) is 31.7 Å². The topological polar surface area (TPSA) is 84.2 Å². The zero-order valence-corrected chi connectivity index (χ0v) is 11.2. The van der Waals surface area contributed by atoms with Crippen LogP contribution in [0, 0.1) is 6.92 Å². The van der Waals surface area contributed by atoms with E-state index in [1.54, 1.807) is 19.1 Å². The Morgan fingerprint density at radius 3 is 2.80 bits per heavy atom. The molecule has 1 fully saturated rings. The zero-order valence-electron chi connectivity index (χ0n) is 11.2. The van der Waals surface area contributed by atoms with Crippen LogP contribution in [-0.4, -0.2) is 34.1 Å². The van der Waals surface area contributed by atoms with E-state index in [1.807, 2.05) is 0 Å². The van der Waals surface area contributed by atoms with E-state index in [0.29, 0.717) is 17.3 Å². The second kappa shape index (κ2) is 5.28. The van der Waals surface area contributed by atoms with Gasteiger partial charge in [0, 0.05) is 25.2 Å². The van der Waals surface area contributed by atoms with Crippen molar-refractivity contribution in [2.75, 3.05) is 23.3 Å². The number of nitrogens with one attached hydrogen (secondary N) is 1. The third-order valence-electron chi connectivity index (χ3n) is 3.18. The van der Waals surface area contributed by atoms with Crippen molar-refractivity contribution in [3.05, 3.63) is 29.8 Å². The molecule has 0 radical (unpaired) electrons. The Kier molecular flexibility index (Phi) is 3.32. The van der Waals surface area contributed by atoms with E-state index in [2.05, 4.69) is 25.3 Å². The quantitative estimate of drug-likeness (QED) is 0.914. The summed E-state index contributed by atoms with van der Waals surface area (Å²) in [4.78, 5) is 22.4. The molecule has 1 aliphatic heterocycles. The molecule has 1 N–H and O–H groups in total. The number of aryl methyl sites for hydroxylation is 1. The maximum Gasteiger partial charge on any atom is 0.276 e. The number of anilines is 2. The van der Waals surface area contributed by atoms with Gasteiger partial charge in [-0.1, -0.05) is 5.16 Å². The Bertz CT molecular complexity index is 619. The molecule has 0 saturated carbocycles. The summed E-state index contributed by atoms with van der Waals surface area (Å²) in [6, 6.07) is 3.35. The number of carbonyl (C=O) groups is 1. The third-order valence-corrected chi connectivity index (χ3v) is 3.18. The molecule has 3 heterocycles. The van der Waals surface area contributed by atoms with Gasteiger partial charge in [0.15, 0.2) is 0 Å². The average Bonchev–Trinajstić information content (AvgIpc) is 3.11. The molecule has 104 valence electrons. The zero-order chi connectivity index (χ0) is 13.9. The van der Waals surface area contributed by atoms with Gasteiger partial charge in [0.2, 0.25) is 5.88 Å². The average molecular weight is 273 g/mol. The lowest BCUT2D eigenvalue weighted by Crippen LogP contribution is -2.21. The van der Waals surface area contributed by atoms with E-state index >= 15 is 0 Å². The van der Waals surface area contributed by atoms with Crippen molar-refractivity contribution < 1.29 is 9.32 Å². The normalized spacial score (nSPS) is 14.6. The smallest absolute Gasteiger partial charge is 0.276 e. The largest absolute Gasteiger partial charge is 0.357 e. The third kappa shape index (κ3) is 2.61. The first-order valence-corrected chi connectivity index (χ1v) is 6.54. The van der Waals surface area contributed by atoms with Gasteiger partial charge in [-0.3, -0.25) is 10.1 Å². The Hall–Kier alpha value is -2.44. The van der Waals surface area contributed by atoms with E-state index < -0.39 is 0 Å². The highest BCUT2D eigenvalue weighted by molar-refractivity contribution is 6.02. The van der Waals surface area contributed by atoms with Crippen LogP contribution in [0.15, 0.2) is 23.0 Å². The van der Waals surface area contributed by atoms with Crippen LogP contribution in [0.2, 0.25) is 0 Å². The molecule has 0 aliphatic carbocycles. The number of rotatable bonds is 3. The van der Waals surface area contributed by atoms with E-state index in [4.69, 9.17) is 4.52 Å². The number of nitrogens with zero attached hydrogens (tertiary/aromatic N) is 4. The van der Waals surface area contributed by atoms with Crippen LogP contribution >= 0.6 is 0 Å². The summed E-state index contributed by atoms with van der Waals surface area (Å²) in [6.07, 6.45) is 3.72. The van der Waals surface area contributed by atoms with Crippen LogP contribution in [0.5, 0.6) is 0 Å². The van der Waals surface area contributed by atoms with E-state index in [-0.39, 0.29) is 5.91 Å². The van der Waals surface area contributed by atoms with E-state index in [9.17, 15) is 4.79 Å². The lowest BCUT2D eigenvalue weighted by atomic mass is 10.3. The minimum absolute atomic E-state index is 0.314. The Labute approximate surface area is 116 Å². The predicted molar refractivity (Wildman–Crippen MR) is 72.7 cm³/mol. The highest BCUT2D eigenvalue weighted by Crippen LogP contribution is 2.18. The molecule has 0 bridgehead atoms. The Morgan fingerprint density at radius 2 is 2.10 bits per heavy atom. The molecule has 3 rings (SSSR count). The maximum atomic E-state index is 12.1. The summed E-state index contributed by atoms with van der Waals surface area (Å²) < 4.78 is 4.95. The van der Waals surface area contributed by atoms with Crippen molar-refractivity contribution >= 4 is 17.6 Å². The first kappa shape index (κ1) is 12.6. The van der Waals surface area contributed by atoms with Crippen molar-refractivity contribution in [1.82, 2.24) is 15.1 Å². The molecule has 1 amide bonds. The van der Waals surface area contributed by atoms with E-state index in [1.165, 1.54) is 6.33 Å². The predicted octanol–water partition coefficient (Wildman–Crippen LogP) is 1.63. The molecular weight excluding hydrogens is 258 g/mol. The standard InChI is InChI=1S/C13H15N5O2/c1-9-6-12(20-17-9)16-13(19)10-7-11(15-8-14-10)18-4-2-3-5-18/h6-8H,2-5H2,1H3,(H,16,19). The van der Waals surface area contributed by atoms with Gasteiger partial charge in [-0.15, -0.1) is 0 Å². The fourth-order valence-corrected chi connectivity index (χ4v) is 2.19. The molecule has 2 aromatic heterocycles. The lowest BCUT2D eigenvalue weighted by molar-refractivity contribution is 0.101. The molecule has 1 aliphatic rings. The molecule has 7 heteroatoms. The van der Waals surface area contributed by atoms with Gasteiger partial charge >= 0.3 is 0 Å². The second-order valence-electron chi connectivity index (χ2n) is 4.74. The van der Waals surface area contributed by atoms with Crippen LogP contribution in [-0.2, 0) is 0 Å². The molecule has 0 aromatic carbocycles. The summed E-state index contributed by atoms with van der Waals surface area (Å²) in [6.45, 7) is 3.73. The van der Waals surface area contributed by atoms with Crippen molar-refractivity contribution in [2.24, 2.45) is 0 Å². The molecule has 7 nitrogen and oxygen atoms in total. The molecule has 1 saturated heterocycles. The van der Waals surface area contributed by atoms with Crippen LogP contribution < -0.4 is 10.2 Å². The van der Waals surface area contributed by atoms with Gasteiger partial charge in [0.05, 0.1) is 5.69 Å². The highest BCUT2D eigenvalue weighted by Gasteiger charge is 2.17. The minimum Gasteiger partial charge on any atom is -0.357 e. The first-order valence-electron chi connectivity index (χ1n) is 6.54. The fraction of sp³-hybridized carbons (Fsp3) is 0.385. The van der Waals surface area contributed by atoms with Gasteiger partial charge in [-0.25, -0.2) is 9.97 Å². The van der Waals surface area contributed by atoms with Gasteiger partial charge in [-0.05, 0) is 19.8 Å². The summed E-state index contributed by atoms with van der Waals surface area (Å²) in [7, 11) is 0. The van der Waals surface area contributed by atoms with Gasteiger partial charge in [0.25, 0.3) is 5.91 Å². The fourth-order valence-electron chi connectivity index (χ4n) is 2.19. The molecule has 0 unspecified atom stereocenters. The molecule has 0 spiro atoms. The van der Waals surface area contributed by atoms with Crippen LogP contribution in [0.3, 0.4) is 0 Å². The first-order chi connectivity index (χ1) is 9.72. The SMILES string of the molecule is Cc1cc(NC(=O)c2cc(N3CCCC3)ncn2)on1. The number of carbonyl (C=O) groups excluding carboxylic acids is 1. The molecule has 0 atom stereocenters. The van der Waals surface area contributed by atoms with Crippen molar-refractivity contribution in [2.45, 2.75) is 19.8 Å². The lowest BCUT2D eigenvalue weighted by Gasteiger charge is -2.16. The monoisotopic (exact) mass is 273 g/mol. The van der Waals surface area contributed by atoms with Gasteiger partial charge in [0.1, 0.15) is 17.8 Å². The maximum absolute atomic E-state index is 12.1. The van der Waals surface area contributed by atoms with Gasteiger partial charge < -0.3 is 9.42 Å². The summed E-state index contributed by atoms with van der Waals surface area (Å²) in [5.74, 6) is 0.772. The number of amides is 1. The minimum atomic E-state index is -0.330. The molecule has 20 heavy (non-hydrogen) atoms. The highest BCUT2D eigenvalue weighted by atomic mass is 16.5. The van der Waals surface area contributed by atoms with Crippen molar-refractivity contribution in [1.29, 1.82) is 0 Å². The molecular formula is C13H15N5O2. The number of hydrogen-bond acceptors (Lipinski definition) is 6.